The molecule has 1 aliphatic rings. The maximum absolute atomic E-state index is 13.0. The summed E-state index contributed by atoms with van der Waals surface area (Å²) in [5, 5.41) is 0. The average molecular weight is 388 g/mol. The first-order valence-electron chi connectivity index (χ1n) is 8.82. The summed E-state index contributed by atoms with van der Waals surface area (Å²) in [5.74, 6) is 0.550. The van der Waals surface area contributed by atoms with Crippen LogP contribution in [0.1, 0.15) is 29.5 Å². The van der Waals surface area contributed by atoms with Crippen molar-refractivity contribution in [3.8, 4) is 5.75 Å². The van der Waals surface area contributed by atoms with Crippen LogP contribution < -0.4 is 14.4 Å². The first-order valence-corrected chi connectivity index (χ1v) is 10.3. The Morgan fingerprint density at radius 1 is 1.07 bits per heavy atom. The summed E-state index contributed by atoms with van der Waals surface area (Å²) in [6.45, 7) is 6.11. The van der Waals surface area contributed by atoms with Gasteiger partial charge in [-0.1, -0.05) is 17.7 Å². The molecule has 144 valence electrons. The second-order valence-corrected chi connectivity index (χ2v) is 8.49. The standard InChI is InChI=1S/C20H24N2O4S/c1-13-10-14(2)20(15(3)11-13)27(24,25)21-16-7-8-18(26-4)17(12-16)22-9-5-6-19(22)23/h7-8,10-12,21H,5-6,9H2,1-4H3. The number of rotatable bonds is 5. The molecule has 0 unspecified atom stereocenters. The van der Waals surface area contributed by atoms with E-state index in [2.05, 4.69) is 4.72 Å². The van der Waals surface area contributed by atoms with Gasteiger partial charge in [0.05, 0.1) is 23.4 Å². The van der Waals surface area contributed by atoms with E-state index in [1.807, 2.05) is 19.1 Å². The highest BCUT2D eigenvalue weighted by molar-refractivity contribution is 7.92. The summed E-state index contributed by atoms with van der Waals surface area (Å²) in [6, 6.07) is 8.67. The van der Waals surface area contributed by atoms with Crippen LogP contribution in [-0.2, 0) is 14.8 Å². The maximum Gasteiger partial charge on any atom is 0.262 e. The average Bonchev–Trinajstić information content (AvgIpc) is 2.99. The fourth-order valence-electron chi connectivity index (χ4n) is 3.66. The number of methoxy groups -OCH3 is 1. The van der Waals surface area contributed by atoms with Crippen LogP contribution in [0.4, 0.5) is 11.4 Å². The number of carbonyl (C=O) groups is 1. The Bertz CT molecular complexity index is 976. The molecular formula is C20H24N2O4S. The van der Waals surface area contributed by atoms with Gasteiger partial charge in [-0.2, -0.15) is 0 Å². The van der Waals surface area contributed by atoms with E-state index in [0.717, 1.165) is 12.0 Å². The lowest BCUT2D eigenvalue weighted by molar-refractivity contribution is -0.117. The molecule has 1 fully saturated rings. The summed E-state index contributed by atoms with van der Waals surface area (Å²) >= 11 is 0. The van der Waals surface area contributed by atoms with E-state index in [1.165, 1.54) is 7.11 Å². The third-order valence-corrected chi connectivity index (χ3v) is 6.35. The molecule has 1 aliphatic heterocycles. The second-order valence-electron chi connectivity index (χ2n) is 6.87. The van der Waals surface area contributed by atoms with E-state index >= 15 is 0 Å². The Labute approximate surface area is 160 Å². The lowest BCUT2D eigenvalue weighted by Crippen LogP contribution is -2.24. The van der Waals surface area contributed by atoms with Crippen molar-refractivity contribution < 1.29 is 17.9 Å². The third kappa shape index (κ3) is 3.78. The molecule has 1 amide bonds. The first kappa shape index (κ1) is 19.2. The number of hydrogen-bond acceptors (Lipinski definition) is 4. The number of carbonyl (C=O) groups excluding carboxylic acids is 1. The fraction of sp³-hybridized carbons (Fsp3) is 0.350. The van der Waals surface area contributed by atoms with Crippen molar-refractivity contribution >= 4 is 27.3 Å². The number of nitrogens with zero attached hydrogens (tertiary/aromatic N) is 1. The molecule has 1 N–H and O–H groups in total. The second kappa shape index (κ2) is 7.23. The Morgan fingerprint density at radius 2 is 1.74 bits per heavy atom. The van der Waals surface area contributed by atoms with Gasteiger partial charge in [0, 0.05) is 13.0 Å². The first-order chi connectivity index (χ1) is 12.7. The highest BCUT2D eigenvalue weighted by atomic mass is 32.2. The molecule has 3 rings (SSSR count). The van der Waals surface area contributed by atoms with Crippen molar-refractivity contribution in [2.45, 2.75) is 38.5 Å². The SMILES string of the molecule is COc1ccc(NS(=O)(=O)c2c(C)cc(C)cc2C)cc1N1CCCC1=O. The van der Waals surface area contributed by atoms with Gasteiger partial charge >= 0.3 is 0 Å². The topological polar surface area (TPSA) is 75.7 Å². The van der Waals surface area contributed by atoms with Crippen LogP contribution in [-0.4, -0.2) is 28.0 Å². The summed E-state index contributed by atoms with van der Waals surface area (Å²) in [6.07, 6.45) is 1.26. The Balaban J connectivity index is 1.99. The van der Waals surface area contributed by atoms with E-state index in [1.54, 1.807) is 36.9 Å². The zero-order valence-corrected chi connectivity index (χ0v) is 16.8. The minimum Gasteiger partial charge on any atom is -0.495 e. The predicted molar refractivity (Wildman–Crippen MR) is 106 cm³/mol. The zero-order valence-electron chi connectivity index (χ0n) is 16.0. The largest absolute Gasteiger partial charge is 0.495 e. The summed E-state index contributed by atoms with van der Waals surface area (Å²) in [5.41, 5.74) is 3.39. The van der Waals surface area contributed by atoms with Crippen LogP contribution >= 0.6 is 0 Å². The Hall–Kier alpha value is -2.54. The minimum absolute atomic E-state index is 0.0125. The van der Waals surface area contributed by atoms with E-state index < -0.39 is 10.0 Å². The van der Waals surface area contributed by atoms with Crippen LogP contribution in [0.15, 0.2) is 35.2 Å². The Morgan fingerprint density at radius 3 is 2.30 bits per heavy atom. The highest BCUT2D eigenvalue weighted by Gasteiger charge is 2.26. The number of amides is 1. The maximum atomic E-state index is 13.0. The smallest absolute Gasteiger partial charge is 0.262 e. The number of nitrogens with one attached hydrogen (secondary N) is 1. The molecule has 0 radical (unpaired) electrons. The van der Waals surface area contributed by atoms with Crippen LogP contribution in [0.3, 0.4) is 0 Å². The molecule has 0 bridgehead atoms. The van der Waals surface area contributed by atoms with Gasteiger partial charge in [-0.25, -0.2) is 8.42 Å². The van der Waals surface area contributed by atoms with Gasteiger partial charge in [-0.05, 0) is 56.5 Å². The molecule has 1 heterocycles. The molecule has 0 aromatic heterocycles. The van der Waals surface area contributed by atoms with Gasteiger partial charge in [-0.15, -0.1) is 0 Å². The molecule has 7 heteroatoms. The van der Waals surface area contributed by atoms with Crippen molar-refractivity contribution in [3.05, 3.63) is 47.0 Å². The van der Waals surface area contributed by atoms with Gasteiger partial charge in [0.2, 0.25) is 5.91 Å². The highest BCUT2D eigenvalue weighted by Crippen LogP contribution is 2.35. The van der Waals surface area contributed by atoms with Crippen molar-refractivity contribution in [2.75, 3.05) is 23.3 Å². The molecule has 6 nitrogen and oxygen atoms in total. The lowest BCUT2D eigenvalue weighted by Gasteiger charge is -2.20. The van der Waals surface area contributed by atoms with Gasteiger partial charge in [0.25, 0.3) is 10.0 Å². The molecule has 2 aromatic carbocycles. The van der Waals surface area contributed by atoms with Crippen molar-refractivity contribution in [1.29, 1.82) is 0 Å². The van der Waals surface area contributed by atoms with Gasteiger partial charge in [-0.3, -0.25) is 9.52 Å². The summed E-state index contributed by atoms with van der Waals surface area (Å²) in [4.78, 5) is 14.0. The monoisotopic (exact) mass is 388 g/mol. The van der Waals surface area contributed by atoms with Gasteiger partial charge in [0.1, 0.15) is 5.75 Å². The quantitative estimate of drug-likeness (QED) is 0.850. The van der Waals surface area contributed by atoms with E-state index in [-0.39, 0.29) is 10.8 Å². The molecule has 0 saturated carbocycles. The molecular weight excluding hydrogens is 364 g/mol. The van der Waals surface area contributed by atoms with Crippen LogP contribution in [0.5, 0.6) is 5.75 Å². The predicted octanol–water partition coefficient (Wildman–Crippen LogP) is 3.55. The number of benzene rings is 2. The van der Waals surface area contributed by atoms with Crippen LogP contribution in [0, 0.1) is 20.8 Å². The molecule has 1 saturated heterocycles. The number of ether oxygens (including phenoxy) is 1. The summed E-state index contributed by atoms with van der Waals surface area (Å²) < 4.78 is 34.0. The Kier molecular flexibility index (Phi) is 5.15. The molecule has 0 atom stereocenters. The van der Waals surface area contributed by atoms with E-state index in [9.17, 15) is 13.2 Å². The number of hydrogen-bond donors (Lipinski definition) is 1. The third-order valence-electron chi connectivity index (χ3n) is 4.67. The lowest BCUT2D eigenvalue weighted by atomic mass is 10.1. The minimum atomic E-state index is -3.76. The number of sulfonamides is 1. The zero-order chi connectivity index (χ0) is 19.8. The molecule has 2 aromatic rings. The van der Waals surface area contributed by atoms with Crippen molar-refractivity contribution in [1.82, 2.24) is 0 Å². The number of anilines is 2. The number of aryl methyl sites for hydroxylation is 3. The molecule has 0 aliphatic carbocycles. The van der Waals surface area contributed by atoms with Crippen molar-refractivity contribution in [3.63, 3.8) is 0 Å². The molecule has 0 spiro atoms. The molecule has 27 heavy (non-hydrogen) atoms. The van der Waals surface area contributed by atoms with Crippen LogP contribution in [0.2, 0.25) is 0 Å². The van der Waals surface area contributed by atoms with Gasteiger partial charge < -0.3 is 9.64 Å². The van der Waals surface area contributed by atoms with E-state index in [4.69, 9.17) is 4.74 Å². The summed E-state index contributed by atoms with van der Waals surface area (Å²) in [7, 11) is -2.23. The fourth-order valence-corrected chi connectivity index (χ4v) is 5.17. The van der Waals surface area contributed by atoms with Crippen LogP contribution in [0.25, 0.3) is 0 Å². The van der Waals surface area contributed by atoms with E-state index in [0.29, 0.717) is 41.2 Å². The van der Waals surface area contributed by atoms with Crippen molar-refractivity contribution in [2.24, 2.45) is 0 Å². The van der Waals surface area contributed by atoms with Gasteiger partial charge in [0.15, 0.2) is 0 Å². The normalized spacial score (nSPS) is 14.5.